The number of methoxy groups -OCH3 is 1. The maximum Gasteiger partial charge on any atom is 0.282 e. The molecular formula is C10H21F2NO4. The van der Waals surface area contributed by atoms with Crippen molar-refractivity contribution < 1.29 is 28.1 Å². The number of hydrogen-bond donors (Lipinski definition) is 2. The SMILES string of the molecule is COCCOCCOCCNCC(F)(F)CO. The monoisotopic (exact) mass is 257 g/mol. The Kier molecular flexibility index (Phi) is 10.6. The lowest BCUT2D eigenvalue weighted by molar-refractivity contribution is -0.0486. The molecule has 0 bridgehead atoms. The fourth-order valence-electron chi connectivity index (χ4n) is 0.936. The second-order valence-corrected chi connectivity index (χ2v) is 3.41. The number of rotatable bonds is 12. The van der Waals surface area contributed by atoms with Crippen LogP contribution in [0.2, 0.25) is 0 Å². The van der Waals surface area contributed by atoms with E-state index >= 15 is 0 Å². The van der Waals surface area contributed by atoms with Crippen LogP contribution in [0.1, 0.15) is 0 Å². The summed E-state index contributed by atoms with van der Waals surface area (Å²) >= 11 is 0. The number of alkyl halides is 2. The Bertz CT molecular complexity index is 172. The quantitative estimate of drug-likeness (QED) is 0.477. The van der Waals surface area contributed by atoms with Gasteiger partial charge in [-0.1, -0.05) is 0 Å². The van der Waals surface area contributed by atoms with Crippen molar-refractivity contribution in [3.8, 4) is 0 Å². The molecule has 0 aliphatic rings. The fourth-order valence-corrected chi connectivity index (χ4v) is 0.936. The molecule has 104 valence electrons. The van der Waals surface area contributed by atoms with Crippen LogP contribution in [-0.2, 0) is 14.2 Å². The summed E-state index contributed by atoms with van der Waals surface area (Å²) in [6, 6.07) is 0. The summed E-state index contributed by atoms with van der Waals surface area (Å²) in [6.45, 7) is 0.880. The summed E-state index contributed by atoms with van der Waals surface area (Å²) in [5, 5.41) is 10.8. The van der Waals surface area contributed by atoms with Gasteiger partial charge in [0.1, 0.15) is 6.61 Å². The van der Waals surface area contributed by atoms with Gasteiger partial charge in [-0.25, -0.2) is 8.78 Å². The first kappa shape index (κ1) is 16.7. The van der Waals surface area contributed by atoms with Gasteiger partial charge in [-0.3, -0.25) is 0 Å². The highest BCUT2D eigenvalue weighted by molar-refractivity contribution is 4.66. The molecule has 0 aromatic rings. The lowest BCUT2D eigenvalue weighted by Gasteiger charge is -2.13. The van der Waals surface area contributed by atoms with Crippen molar-refractivity contribution in [1.29, 1.82) is 0 Å². The third kappa shape index (κ3) is 11.9. The van der Waals surface area contributed by atoms with Gasteiger partial charge in [0.25, 0.3) is 5.92 Å². The van der Waals surface area contributed by atoms with Crippen LogP contribution in [0.3, 0.4) is 0 Å². The molecule has 0 saturated heterocycles. The second-order valence-electron chi connectivity index (χ2n) is 3.41. The van der Waals surface area contributed by atoms with Gasteiger partial charge in [0.2, 0.25) is 0 Å². The Morgan fingerprint density at radius 3 is 2.24 bits per heavy atom. The number of hydrogen-bond acceptors (Lipinski definition) is 5. The van der Waals surface area contributed by atoms with Gasteiger partial charge in [0.05, 0.1) is 39.6 Å². The highest BCUT2D eigenvalue weighted by atomic mass is 19.3. The van der Waals surface area contributed by atoms with E-state index in [9.17, 15) is 8.78 Å². The summed E-state index contributed by atoms with van der Waals surface area (Å²) in [6.07, 6.45) is 0. The van der Waals surface area contributed by atoms with Crippen LogP contribution in [0, 0.1) is 0 Å². The Labute approximate surface area is 100 Å². The fraction of sp³-hybridized carbons (Fsp3) is 1.00. The third-order valence-electron chi connectivity index (χ3n) is 1.84. The van der Waals surface area contributed by atoms with E-state index in [1.807, 2.05) is 0 Å². The number of nitrogens with one attached hydrogen (secondary N) is 1. The lowest BCUT2D eigenvalue weighted by atomic mass is 10.3. The molecule has 0 aromatic heterocycles. The van der Waals surface area contributed by atoms with Crippen LogP contribution in [0.15, 0.2) is 0 Å². The van der Waals surface area contributed by atoms with Crippen molar-refractivity contribution in [2.75, 3.05) is 59.8 Å². The van der Waals surface area contributed by atoms with Crippen molar-refractivity contribution in [1.82, 2.24) is 5.32 Å². The smallest absolute Gasteiger partial charge is 0.282 e. The van der Waals surface area contributed by atoms with Gasteiger partial charge in [-0.2, -0.15) is 0 Å². The van der Waals surface area contributed by atoms with E-state index in [4.69, 9.17) is 19.3 Å². The average molecular weight is 257 g/mol. The number of aliphatic hydroxyl groups excluding tert-OH is 1. The average Bonchev–Trinajstić information content (AvgIpc) is 2.31. The van der Waals surface area contributed by atoms with E-state index in [1.165, 1.54) is 0 Å². The Balaban J connectivity index is 3.09. The molecule has 0 fully saturated rings. The second kappa shape index (κ2) is 10.8. The van der Waals surface area contributed by atoms with Crippen molar-refractivity contribution in [3.05, 3.63) is 0 Å². The molecule has 5 nitrogen and oxygen atoms in total. The third-order valence-corrected chi connectivity index (χ3v) is 1.84. The minimum atomic E-state index is -3.07. The van der Waals surface area contributed by atoms with E-state index in [0.717, 1.165) is 0 Å². The summed E-state index contributed by atoms with van der Waals surface area (Å²) < 4.78 is 40.1. The molecule has 0 heterocycles. The molecule has 0 radical (unpaired) electrons. The van der Waals surface area contributed by atoms with Crippen LogP contribution in [-0.4, -0.2) is 70.9 Å². The molecular weight excluding hydrogens is 236 g/mol. The topological polar surface area (TPSA) is 60.0 Å². The minimum absolute atomic E-state index is 0.313. The molecule has 0 atom stereocenters. The molecule has 2 N–H and O–H groups in total. The predicted molar refractivity (Wildman–Crippen MR) is 58.4 cm³/mol. The van der Waals surface area contributed by atoms with Gasteiger partial charge in [0.15, 0.2) is 0 Å². The Morgan fingerprint density at radius 1 is 1.06 bits per heavy atom. The predicted octanol–water partition coefficient (Wildman–Crippen LogP) is -0.117. The van der Waals surface area contributed by atoms with Crippen molar-refractivity contribution >= 4 is 0 Å². The van der Waals surface area contributed by atoms with Crippen LogP contribution >= 0.6 is 0 Å². The van der Waals surface area contributed by atoms with E-state index in [-0.39, 0.29) is 0 Å². The zero-order valence-electron chi connectivity index (χ0n) is 10.1. The van der Waals surface area contributed by atoms with Crippen molar-refractivity contribution in [2.24, 2.45) is 0 Å². The maximum atomic E-state index is 12.5. The van der Waals surface area contributed by atoms with Gasteiger partial charge < -0.3 is 24.6 Å². The molecule has 0 rings (SSSR count). The number of ether oxygens (including phenoxy) is 3. The van der Waals surface area contributed by atoms with Gasteiger partial charge >= 0.3 is 0 Å². The van der Waals surface area contributed by atoms with Gasteiger partial charge in [-0.15, -0.1) is 0 Å². The zero-order chi connectivity index (χ0) is 13.0. The van der Waals surface area contributed by atoms with Crippen molar-refractivity contribution in [3.63, 3.8) is 0 Å². The maximum absolute atomic E-state index is 12.5. The first-order valence-electron chi connectivity index (χ1n) is 5.46. The number of aliphatic hydroxyl groups is 1. The van der Waals surface area contributed by atoms with Gasteiger partial charge in [-0.05, 0) is 0 Å². The first-order chi connectivity index (χ1) is 8.12. The molecule has 17 heavy (non-hydrogen) atoms. The number of halogens is 2. The summed E-state index contributed by atoms with van der Waals surface area (Å²) in [5.74, 6) is -3.07. The molecule has 0 saturated carbocycles. The molecule has 0 spiro atoms. The van der Waals surface area contributed by atoms with Crippen LogP contribution in [0.5, 0.6) is 0 Å². The molecule has 0 amide bonds. The van der Waals surface area contributed by atoms with Crippen LogP contribution in [0.25, 0.3) is 0 Å². The highest BCUT2D eigenvalue weighted by Crippen LogP contribution is 2.09. The van der Waals surface area contributed by atoms with Crippen molar-refractivity contribution in [2.45, 2.75) is 5.92 Å². The van der Waals surface area contributed by atoms with Gasteiger partial charge in [0, 0.05) is 13.7 Å². The molecule has 0 aliphatic carbocycles. The summed E-state index contributed by atoms with van der Waals surface area (Å²) in [4.78, 5) is 0. The zero-order valence-corrected chi connectivity index (χ0v) is 10.1. The summed E-state index contributed by atoms with van der Waals surface area (Å²) in [5.41, 5.74) is 0. The first-order valence-corrected chi connectivity index (χ1v) is 5.46. The normalized spacial score (nSPS) is 12.0. The molecule has 0 aromatic carbocycles. The van der Waals surface area contributed by atoms with Crippen LogP contribution in [0.4, 0.5) is 8.78 Å². The van der Waals surface area contributed by atoms with E-state index in [1.54, 1.807) is 7.11 Å². The molecule has 0 aliphatic heterocycles. The highest BCUT2D eigenvalue weighted by Gasteiger charge is 2.26. The minimum Gasteiger partial charge on any atom is -0.390 e. The van der Waals surface area contributed by atoms with E-state index in [0.29, 0.717) is 39.6 Å². The summed E-state index contributed by atoms with van der Waals surface area (Å²) in [7, 11) is 1.59. The largest absolute Gasteiger partial charge is 0.390 e. The van der Waals surface area contributed by atoms with E-state index in [2.05, 4.69) is 5.32 Å². The molecule has 0 unspecified atom stereocenters. The van der Waals surface area contributed by atoms with Crippen LogP contribution < -0.4 is 5.32 Å². The Hall–Kier alpha value is -0.340. The Morgan fingerprint density at radius 2 is 1.65 bits per heavy atom. The standard InChI is InChI=1S/C10H21F2NO4/c1-15-4-5-17-7-6-16-3-2-13-8-10(11,12)9-14/h13-14H,2-9H2,1H3. The molecule has 7 heteroatoms. The van der Waals surface area contributed by atoms with E-state index < -0.39 is 19.1 Å². The lowest BCUT2D eigenvalue weighted by Crippen LogP contribution is -2.37.